The van der Waals surface area contributed by atoms with E-state index in [-0.39, 0.29) is 0 Å². The van der Waals surface area contributed by atoms with Gasteiger partial charge in [-0.1, -0.05) is 30.3 Å². The van der Waals surface area contributed by atoms with Gasteiger partial charge in [-0.25, -0.2) is 0 Å². The van der Waals surface area contributed by atoms with Gasteiger partial charge in [0, 0.05) is 50.5 Å². The highest BCUT2D eigenvalue weighted by Gasteiger charge is 2.23. The second kappa shape index (κ2) is 6.83. The molecule has 3 nitrogen and oxygen atoms in total. The van der Waals surface area contributed by atoms with Crippen molar-refractivity contribution in [3.05, 3.63) is 65.5 Å². The van der Waals surface area contributed by atoms with Crippen molar-refractivity contribution in [3.8, 4) is 0 Å². The van der Waals surface area contributed by atoms with E-state index in [9.17, 15) is 0 Å². The molecule has 1 saturated heterocycles. The molecule has 0 aliphatic carbocycles. The summed E-state index contributed by atoms with van der Waals surface area (Å²) in [5.41, 5.74) is 3.98. The van der Waals surface area contributed by atoms with Gasteiger partial charge < -0.3 is 5.32 Å². The SMILES string of the molecule is Cc1ccccc1C(Cc1ccccn1)N1CCNCC1. The number of rotatable bonds is 4. The van der Waals surface area contributed by atoms with Crippen LogP contribution < -0.4 is 5.32 Å². The first-order chi connectivity index (χ1) is 10.3. The fourth-order valence-corrected chi connectivity index (χ4v) is 3.11. The standard InChI is InChI=1S/C18H23N3/c1-15-6-2-3-8-17(15)18(21-12-10-19-11-13-21)14-16-7-4-5-9-20-16/h2-9,18-19H,10-14H2,1H3. The molecule has 0 spiro atoms. The minimum Gasteiger partial charge on any atom is -0.314 e. The minimum atomic E-state index is 0.420. The summed E-state index contributed by atoms with van der Waals surface area (Å²) in [6.07, 6.45) is 2.87. The molecule has 1 aliphatic heterocycles. The van der Waals surface area contributed by atoms with E-state index in [4.69, 9.17) is 0 Å². The number of nitrogens with one attached hydrogen (secondary N) is 1. The molecule has 1 aliphatic rings. The molecule has 3 rings (SSSR count). The summed E-state index contributed by atoms with van der Waals surface area (Å²) >= 11 is 0. The molecule has 1 aromatic carbocycles. The summed E-state index contributed by atoms with van der Waals surface area (Å²) < 4.78 is 0. The smallest absolute Gasteiger partial charge is 0.0422 e. The first kappa shape index (κ1) is 14.2. The molecule has 0 amide bonds. The summed E-state index contributed by atoms with van der Waals surface area (Å²) in [7, 11) is 0. The third-order valence-electron chi connectivity index (χ3n) is 4.27. The van der Waals surface area contributed by atoms with E-state index in [0.717, 1.165) is 32.6 Å². The number of aromatic nitrogens is 1. The number of nitrogens with zero attached hydrogens (tertiary/aromatic N) is 2. The molecule has 1 fully saturated rings. The number of aryl methyl sites for hydroxylation is 1. The molecule has 1 aromatic heterocycles. The van der Waals surface area contributed by atoms with Crippen molar-refractivity contribution < 1.29 is 0 Å². The molecule has 0 saturated carbocycles. The van der Waals surface area contributed by atoms with Gasteiger partial charge in [-0.15, -0.1) is 0 Å². The topological polar surface area (TPSA) is 28.2 Å². The molecule has 2 aromatic rings. The van der Waals surface area contributed by atoms with Gasteiger partial charge in [-0.05, 0) is 30.2 Å². The van der Waals surface area contributed by atoms with Crippen LogP contribution in [0.4, 0.5) is 0 Å². The Morgan fingerprint density at radius 3 is 2.57 bits per heavy atom. The molecule has 1 unspecified atom stereocenters. The van der Waals surface area contributed by atoms with Crippen molar-refractivity contribution in [2.45, 2.75) is 19.4 Å². The maximum Gasteiger partial charge on any atom is 0.0422 e. The van der Waals surface area contributed by atoms with E-state index in [1.165, 1.54) is 16.8 Å². The Labute approximate surface area is 127 Å². The number of hydrogen-bond acceptors (Lipinski definition) is 3. The molecule has 110 valence electrons. The highest BCUT2D eigenvalue weighted by atomic mass is 15.2. The second-order valence-electron chi connectivity index (χ2n) is 5.68. The number of piperazine rings is 1. The molecule has 0 bridgehead atoms. The van der Waals surface area contributed by atoms with Crippen LogP contribution in [-0.2, 0) is 6.42 Å². The van der Waals surface area contributed by atoms with Gasteiger partial charge in [0.05, 0.1) is 0 Å². The fraction of sp³-hybridized carbons (Fsp3) is 0.389. The zero-order chi connectivity index (χ0) is 14.5. The molecule has 3 heteroatoms. The van der Waals surface area contributed by atoms with E-state index in [1.54, 1.807) is 0 Å². The van der Waals surface area contributed by atoms with Crippen molar-refractivity contribution in [1.82, 2.24) is 15.2 Å². The van der Waals surface area contributed by atoms with Crippen LogP contribution in [0.2, 0.25) is 0 Å². The van der Waals surface area contributed by atoms with Gasteiger partial charge in [0.1, 0.15) is 0 Å². The molecule has 1 N–H and O–H groups in total. The van der Waals surface area contributed by atoms with Crippen LogP contribution >= 0.6 is 0 Å². The normalized spacial score (nSPS) is 17.6. The quantitative estimate of drug-likeness (QED) is 0.933. The molecule has 0 radical (unpaired) electrons. The third-order valence-corrected chi connectivity index (χ3v) is 4.27. The predicted octanol–water partition coefficient (Wildman–Crippen LogP) is 2.58. The van der Waals surface area contributed by atoms with Crippen LogP contribution in [0.3, 0.4) is 0 Å². The first-order valence-corrected chi connectivity index (χ1v) is 7.75. The summed E-state index contributed by atoms with van der Waals surface area (Å²) in [6.45, 7) is 6.57. The first-order valence-electron chi connectivity index (χ1n) is 7.75. The zero-order valence-corrected chi connectivity index (χ0v) is 12.6. The monoisotopic (exact) mass is 281 g/mol. The Morgan fingerprint density at radius 1 is 1.10 bits per heavy atom. The van der Waals surface area contributed by atoms with E-state index in [1.807, 2.05) is 12.3 Å². The van der Waals surface area contributed by atoms with Gasteiger partial charge in [0.15, 0.2) is 0 Å². The molecule has 1 atom stereocenters. The molecular formula is C18H23N3. The van der Waals surface area contributed by atoms with Gasteiger partial charge in [-0.3, -0.25) is 9.88 Å². The predicted molar refractivity (Wildman–Crippen MR) is 86.3 cm³/mol. The van der Waals surface area contributed by atoms with Crippen LogP contribution in [0, 0.1) is 6.92 Å². The maximum absolute atomic E-state index is 4.53. The minimum absolute atomic E-state index is 0.420. The highest BCUT2D eigenvalue weighted by Crippen LogP contribution is 2.27. The van der Waals surface area contributed by atoms with Crippen molar-refractivity contribution in [2.75, 3.05) is 26.2 Å². The summed E-state index contributed by atoms with van der Waals surface area (Å²) in [5, 5.41) is 3.44. The van der Waals surface area contributed by atoms with E-state index in [0.29, 0.717) is 6.04 Å². The summed E-state index contributed by atoms with van der Waals surface area (Å²) in [6, 6.07) is 15.4. The van der Waals surface area contributed by atoms with Crippen molar-refractivity contribution in [3.63, 3.8) is 0 Å². The van der Waals surface area contributed by atoms with Crippen LogP contribution in [0.25, 0.3) is 0 Å². The third kappa shape index (κ3) is 3.49. The largest absolute Gasteiger partial charge is 0.314 e. The van der Waals surface area contributed by atoms with Gasteiger partial charge in [0.2, 0.25) is 0 Å². The van der Waals surface area contributed by atoms with Crippen molar-refractivity contribution in [2.24, 2.45) is 0 Å². The lowest BCUT2D eigenvalue weighted by atomic mass is 9.95. The number of hydrogen-bond donors (Lipinski definition) is 1. The molecule has 2 heterocycles. The zero-order valence-electron chi connectivity index (χ0n) is 12.6. The lowest BCUT2D eigenvalue weighted by Gasteiger charge is -2.36. The fourth-order valence-electron chi connectivity index (χ4n) is 3.11. The average molecular weight is 281 g/mol. The number of pyridine rings is 1. The highest BCUT2D eigenvalue weighted by molar-refractivity contribution is 5.30. The average Bonchev–Trinajstić information content (AvgIpc) is 2.55. The van der Waals surface area contributed by atoms with Crippen LogP contribution in [0.1, 0.15) is 22.9 Å². The summed E-state index contributed by atoms with van der Waals surface area (Å²) in [4.78, 5) is 7.12. The van der Waals surface area contributed by atoms with Gasteiger partial charge in [-0.2, -0.15) is 0 Å². The van der Waals surface area contributed by atoms with Gasteiger partial charge >= 0.3 is 0 Å². The lowest BCUT2D eigenvalue weighted by molar-refractivity contribution is 0.171. The lowest BCUT2D eigenvalue weighted by Crippen LogP contribution is -2.45. The van der Waals surface area contributed by atoms with E-state index >= 15 is 0 Å². The van der Waals surface area contributed by atoms with E-state index < -0.39 is 0 Å². The van der Waals surface area contributed by atoms with Crippen molar-refractivity contribution in [1.29, 1.82) is 0 Å². The van der Waals surface area contributed by atoms with Crippen LogP contribution in [0.15, 0.2) is 48.7 Å². The van der Waals surface area contributed by atoms with Crippen molar-refractivity contribution >= 4 is 0 Å². The maximum atomic E-state index is 4.53. The Balaban J connectivity index is 1.89. The molecular weight excluding hydrogens is 258 g/mol. The van der Waals surface area contributed by atoms with Crippen LogP contribution in [0.5, 0.6) is 0 Å². The molecule has 21 heavy (non-hydrogen) atoms. The van der Waals surface area contributed by atoms with Crippen LogP contribution in [-0.4, -0.2) is 36.1 Å². The Kier molecular flexibility index (Phi) is 4.63. The second-order valence-corrected chi connectivity index (χ2v) is 5.68. The summed E-state index contributed by atoms with van der Waals surface area (Å²) in [5.74, 6) is 0. The van der Waals surface area contributed by atoms with E-state index in [2.05, 4.69) is 58.5 Å². The Bertz CT molecular complexity index is 562. The number of benzene rings is 1. The Hall–Kier alpha value is -1.71. The van der Waals surface area contributed by atoms with Gasteiger partial charge in [0.25, 0.3) is 0 Å². The Morgan fingerprint density at radius 2 is 1.86 bits per heavy atom.